The first-order chi connectivity index (χ1) is 12.3. The van der Waals surface area contributed by atoms with Gasteiger partial charge in [0.25, 0.3) is 0 Å². The van der Waals surface area contributed by atoms with Crippen LogP contribution < -0.4 is 0 Å². The van der Waals surface area contributed by atoms with Crippen molar-refractivity contribution in [2.24, 2.45) is 17.8 Å². The molecule has 0 aliphatic heterocycles. The molecule has 1 aromatic rings. The third kappa shape index (κ3) is 6.17. The van der Waals surface area contributed by atoms with Gasteiger partial charge in [-0.15, -0.1) is 0 Å². The normalized spacial score (nSPS) is 22.9. The molecule has 0 radical (unpaired) electrons. The largest absolute Gasteiger partial charge is 0.460 e. The van der Waals surface area contributed by atoms with Crippen molar-refractivity contribution in [1.29, 1.82) is 0 Å². The molecule has 0 bridgehead atoms. The molecule has 26 heavy (non-hydrogen) atoms. The maximum absolute atomic E-state index is 12.1. The molecule has 0 spiro atoms. The standard InChI is InChI=1S/C20H26Cl2O4/c1-12(2)16-7-4-13(3)8-18(16)26-20(24)11-25-19(23)9-14-5-6-15(21)10-17(14)22/h5-6,10,12-13,16,18H,4,7-9,11H2,1-3H3/t13-,16+,18-/m1/s1. The Balaban J connectivity index is 1.82. The molecule has 0 saturated heterocycles. The molecule has 0 aromatic heterocycles. The summed E-state index contributed by atoms with van der Waals surface area (Å²) in [6, 6.07) is 4.89. The van der Waals surface area contributed by atoms with Gasteiger partial charge in [-0.25, -0.2) is 4.79 Å². The minimum Gasteiger partial charge on any atom is -0.460 e. The molecule has 0 unspecified atom stereocenters. The predicted molar refractivity (Wildman–Crippen MR) is 102 cm³/mol. The Morgan fingerprint density at radius 3 is 2.58 bits per heavy atom. The maximum atomic E-state index is 12.1. The monoisotopic (exact) mass is 400 g/mol. The van der Waals surface area contributed by atoms with E-state index in [2.05, 4.69) is 20.8 Å². The average Bonchev–Trinajstić information content (AvgIpc) is 2.55. The average molecular weight is 401 g/mol. The van der Waals surface area contributed by atoms with Crippen molar-refractivity contribution in [2.75, 3.05) is 6.61 Å². The highest BCUT2D eigenvalue weighted by Gasteiger charge is 2.33. The zero-order valence-electron chi connectivity index (χ0n) is 15.5. The highest BCUT2D eigenvalue weighted by atomic mass is 35.5. The number of carbonyl (C=O) groups excluding carboxylic acids is 2. The molecule has 0 N–H and O–H groups in total. The second kappa shape index (κ2) is 9.61. The van der Waals surface area contributed by atoms with Gasteiger partial charge in [-0.2, -0.15) is 0 Å². The van der Waals surface area contributed by atoms with E-state index in [0.29, 0.717) is 33.4 Å². The van der Waals surface area contributed by atoms with Crippen LogP contribution >= 0.6 is 23.2 Å². The van der Waals surface area contributed by atoms with Crippen molar-refractivity contribution in [1.82, 2.24) is 0 Å². The lowest BCUT2D eigenvalue weighted by Gasteiger charge is -2.36. The molecule has 0 amide bonds. The van der Waals surface area contributed by atoms with Crippen LogP contribution in [-0.4, -0.2) is 24.6 Å². The van der Waals surface area contributed by atoms with Crippen LogP contribution in [0.2, 0.25) is 10.0 Å². The summed E-state index contributed by atoms with van der Waals surface area (Å²) in [6.45, 7) is 6.10. The molecule has 1 aromatic carbocycles. The van der Waals surface area contributed by atoms with Crippen LogP contribution in [0.25, 0.3) is 0 Å². The lowest BCUT2D eigenvalue weighted by Crippen LogP contribution is -2.36. The number of esters is 2. The summed E-state index contributed by atoms with van der Waals surface area (Å²) in [5, 5.41) is 0.894. The maximum Gasteiger partial charge on any atom is 0.344 e. The molecule has 144 valence electrons. The molecule has 0 heterocycles. The van der Waals surface area contributed by atoms with Gasteiger partial charge in [0.1, 0.15) is 6.10 Å². The minimum atomic E-state index is -0.524. The van der Waals surface area contributed by atoms with Crippen LogP contribution in [0.1, 0.15) is 45.6 Å². The SMILES string of the molecule is CC(C)[C@@H]1CC[C@@H](C)C[C@H]1OC(=O)COC(=O)Cc1ccc(Cl)cc1Cl. The Bertz CT molecular complexity index is 645. The number of hydrogen-bond donors (Lipinski definition) is 0. The third-order valence-electron chi connectivity index (χ3n) is 4.95. The van der Waals surface area contributed by atoms with Gasteiger partial charge in [0.05, 0.1) is 6.42 Å². The van der Waals surface area contributed by atoms with E-state index in [1.807, 2.05) is 0 Å². The summed E-state index contributed by atoms with van der Waals surface area (Å²) < 4.78 is 10.7. The van der Waals surface area contributed by atoms with E-state index in [0.717, 1.165) is 19.3 Å². The summed E-state index contributed by atoms with van der Waals surface area (Å²) in [5.74, 6) is 0.333. The van der Waals surface area contributed by atoms with Crippen LogP contribution in [0.15, 0.2) is 18.2 Å². The Kier molecular flexibility index (Phi) is 7.78. The fourth-order valence-electron chi connectivity index (χ4n) is 3.46. The van der Waals surface area contributed by atoms with Crippen LogP contribution in [-0.2, 0) is 25.5 Å². The first-order valence-electron chi connectivity index (χ1n) is 9.05. The van der Waals surface area contributed by atoms with Crippen molar-refractivity contribution in [3.63, 3.8) is 0 Å². The first-order valence-corrected chi connectivity index (χ1v) is 9.81. The van der Waals surface area contributed by atoms with Crippen LogP contribution in [0.4, 0.5) is 0 Å². The second-order valence-corrected chi connectivity index (χ2v) is 8.27. The summed E-state index contributed by atoms with van der Waals surface area (Å²) in [7, 11) is 0. The second-order valence-electron chi connectivity index (χ2n) is 7.43. The van der Waals surface area contributed by atoms with Crippen molar-refractivity contribution < 1.29 is 19.1 Å². The smallest absolute Gasteiger partial charge is 0.344 e. The summed E-state index contributed by atoms with van der Waals surface area (Å²) in [5.41, 5.74) is 0.607. The lowest BCUT2D eigenvalue weighted by atomic mass is 9.75. The van der Waals surface area contributed by atoms with Crippen molar-refractivity contribution in [2.45, 2.75) is 52.6 Å². The lowest BCUT2D eigenvalue weighted by molar-refractivity contribution is -0.166. The Morgan fingerprint density at radius 2 is 1.92 bits per heavy atom. The zero-order chi connectivity index (χ0) is 19.3. The molecule has 2 rings (SSSR count). The van der Waals surface area contributed by atoms with E-state index in [9.17, 15) is 9.59 Å². The Labute approximate surface area is 165 Å². The van der Waals surface area contributed by atoms with Crippen LogP contribution in [0.3, 0.4) is 0 Å². The van der Waals surface area contributed by atoms with Gasteiger partial charge in [0, 0.05) is 10.0 Å². The van der Waals surface area contributed by atoms with E-state index in [4.69, 9.17) is 32.7 Å². The Hall–Kier alpha value is -1.26. The first kappa shape index (κ1) is 21.0. The number of halogens is 2. The van der Waals surface area contributed by atoms with Gasteiger partial charge in [-0.05, 0) is 48.3 Å². The molecular formula is C20H26Cl2O4. The summed E-state index contributed by atoms with van der Waals surface area (Å²) in [4.78, 5) is 24.1. The molecule has 1 aliphatic carbocycles. The topological polar surface area (TPSA) is 52.6 Å². The molecule has 6 heteroatoms. The van der Waals surface area contributed by atoms with E-state index in [1.165, 1.54) is 0 Å². The molecule has 1 fully saturated rings. The van der Waals surface area contributed by atoms with Gasteiger partial charge >= 0.3 is 11.9 Å². The molecule has 1 saturated carbocycles. The molecule has 3 atom stereocenters. The van der Waals surface area contributed by atoms with E-state index < -0.39 is 11.9 Å². The zero-order valence-corrected chi connectivity index (χ0v) is 17.0. The van der Waals surface area contributed by atoms with Gasteiger partial charge in [0.2, 0.25) is 0 Å². The fourth-order valence-corrected chi connectivity index (χ4v) is 3.94. The van der Waals surface area contributed by atoms with Gasteiger partial charge < -0.3 is 9.47 Å². The number of rotatable bonds is 6. The van der Waals surface area contributed by atoms with Crippen molar-refractivity contribution >= 4 is 35.1 Å². The Morgan fingerprint density at radius 1 is 1.19 bits per heavy atom. The number of ether oxygens (including phenoxy) is 2. The molecule has 1 aliphatic rings. The fraction of sp³-hybridized carbons (Fsp3) is 0.600. The number of carbonyl (C=O) groups is 2. The van der Waals surface area contributed by atoms with E-state index in [-0.39, 0.29) is 19.1 Å². The quantitative estimate of drug-likeness (QED) is 0.624. The van der Waals surface area contributed by atoms with Gasteiger partial charge in [0.15, 0.2) is 6.61 Å². The predicted octanol–water partition coefficient (Wildman–Crippen LogP) is 5.08. The molecule has 4 nitrogen and oxygen atoms in total. The van der Waals surface area contributed by atoms with Crippen molar-refractivity contribution in [3.8, 4) is 0 Å². The van der Waals surface area contributed by atoms with Gasteiger partial charge in [-0.1, -0.05) is 56.5 Å². The third-order valence-corrected chi connectivity index (χ3v) is 5.53. The highest BCUT2D eigenvalue weighted by molar-refractivity contribution is 6.35. The van der Waals surface area contributed by atoms with E-state index in [1.54, 1.807) is 18.2 Å². The highest BCUT2D eigenvalue weighted by Crippen LogP contribution is 2.35. The summed E-state index contributed by atoms with van der Waals surface area (Å²) >= 11 is 11.9. The summed E-state index contributed by atoms with van der Waals surface area (Å²) in [6.07, 6.45) is 2.97. The molecular weight excluding hydrogens is 375 g/mol. The number of hydrogen-bond acceptors (Lipinski definition) is 4. The van der Waals surface area contributed by atoms with Crippen LogP contribution in [0.5, 0.6) is 0 Å². The van der Waals surface area contributed by atoms with E-state index >= 15 is 0 Å². The van der Waals surface area contributed by atoms with Crippen LogP contribution in [0, 0.1) is 17.8 Å². The van der Waals surface area contributed by atoms with Crippen molar-refractivity contribution in [3.05, 3.63) is 33.8 Å². The van der Waals surface area contributed by atoms with Gasteiger partial charge in [-0.3, -0.25) is 4.79 Å². The minimum absolute atomic E-state index is 0.0155. The number of benzene rings is 1.